The molecular formula is C21H23N3O4S. The fraction of sp³-hybridized carbons (Fsp3) is 0.333. The van der Waals surface area contributed by atoms with Gasteiger partial charge in [0.05, 0.1) is 30.7 Å². The van der Waals surface area contributed by atoms with Crippen LogP contribution in [0.5, 0.6) is 5.75 Å². The highest BCUT2D eigenvalue weighted by atomic mass is 32.2. The van der Waals surface area contributed by atoms with E-state index in [1.165, 1.54) is 0 Å². The molecule has 4 rings (SSSR count). The lowest BCUT2D eigenvalue weighted by atomic mass is 10.1. The number of pyridine rings is 1. The first-order valence-electron chi connectivity index (χ1n) is 9.49. The average Bonchev–Trinajstić information content (AvgIpc) is 3.28. The lowest BCUT2D eigenvalue weighted by molar-refractivity contribution is -0.133. The maximum Gasteiger partial charge on any atom is 0.229 e. The first-order chi connectivity index (χ1) is 13.9. The third kappa shape index (κ3) is 4.42. The maximum absolute atomic E-state index is 13.2. The van der Waals surface area contributed by atoms with E-state index in [1.54, 1.807) is 12.0 Å². The Balaban J connectivity index is 1.56. The van der Waals surface area contributed by atoms with Crippen molar-refractivity contribution in [1.29, 1.82) is 0 Å². The van der Waals surface area contributed by atoms with E-state index in [2.05, 4.69) is 4.98 Å². The third-order valence-corrected chi connectivity index (χ3v) is 6.98. The largest absolute Gasteiger partial charge is 0.497 e. The molecule has 1 aliphatic rings. The highest BCUT2D eigenvalue weighted by Gasteiger charge is 2.34. The van der Waals surface area contributed by atoms with Crippen LogP contribution in [0.2, 0.25) is 0 Å². The number of nitrogens with zero attached hydrogens (tertiary/aromatic N) is 3. The SMILES string of the molecule is COc1ccc(CN(C(=O)Cc2cn3ccccc3n2)C2CCS(=O)(=O)C2)cc1. The molecule has 1 unspecified atom stereocenters. The van der Waals surface area contributed by atoms with E-state index in [9.17, 15) is 13.2 Å². The summed E-state index contributed by atoms with van der Waals surface area (Å²) < 4.78 is 31.1. The van der Waals surface area contributed by atoms with E-state index in [0.717, 1.165) is 17.0 Å². The van der Waals surface area contributed by atoms with Gasteiger partial charge in [0.1, 0.15) is 11.4 Å². The first kappa shape index (κ1) is 19.4. The first-order valence-corrected chi connectivity index (χ1v) is 11.3. The van der Waals surface area contributed by atoms with Gasteiger partial charge in [-0.15, -0.1) is 0 Å². The van der Waals surface area contributed by atoms with Crippen LogP contribution in [0.1, 0.15) is 17.7 Å². The molecule has 152 valence electrons. The second-order valence-electron chi connectivity index (χ2n) is 7.30. The fourth-order valence-corrected chi connectivity index (χ4v) is 5.43. The topological polar surface area (TPSA) is 81.0 Å². The molecule has 29 heavy (non-hydrogen) atoms. The molecule has 1 fully saturated rings. The number of amides is 1. The van der Waals surface area contributed by atoms with Gasteiger partial charge in [-0.25, -0.2) is 13.4 Å². The molecule has 8 heteroatoms. The quantitative estimate of drug-likeness (QED) is 0.618. The number of imidazole rings is 1. The lowest BCUT2D eigenvalue weighted by Gasteiger charge is -2.28. The fourth-order valence-electron chi connectivity index (χ4n) is 3.70. The summed E-state index contributed by atoms with van der Waals surface area (Å²) in [5.41, 5.74) is 2.38. The smallest absolute Gasteiger partial charge is 0.229 e. The lowest BCUT2D eigenvalue weighted by Crippen LogP contribution is -2.41. The number of carbonyl (C=O) groups is 1. The summed E-state index contributed by atoms with van der Waals surface area (Å²) in [6, 6.07) is 12.8. The van der Waals surface area contributed by atoms with Gasteiger partial charge in [-0.1, -0.05) is 18.2 Å². The summed E-state index contributed by atoms with van der Waals surface area (Å²) in [6.45, 7) is 0.358. The number of fused-ring (bicyclic) bond motifs is 1. The van der Waals surface area contributed by atoms with E-state index in [0.29, 0.717) is 18.7 Å². The highest BCUT2D eigenvalue weighted by molar-refractivity contribution is 7.91. The zero-order chi connectivity index (χ0) is 20.4. The monoisotopic (exact) mass is 413 g/mol. The van der Waals surface area contributed by atoms with Crippen LogP contribution in [-0.2, 0) is 27.6 Å². The Morgan fingerprint density at radius 3 is 2.69 bits per heavy atom. The van der Waals surface area contributed by atoms with Crippen LogP contribution >= 0.6 is 0 Å². The van der Waals surface area contributed by atoms with Gasteiger partial charge in [0, 0.05) is 25.0 Å². The number of methoxy groups -OCH3 is 1. The van der Waals surface area contributed by atoms with Gasteiger partial charge in [-0.3, -0.25) is 4.79 Å². The Kier molecular flexibility index (Phi) is 5.27. The predicted octanol–water partition coefficient (Wildman–Crippen LogP) is 2.10. The van der Waals surface area contributed by atoms with Crippen molar-refractivity contribution in [3.8, 4) is 5.75 Å². The zero-order valence-electron chi connectivity index (χ0n) is 16.2. The molecule has 0 saturated carbocycles. The number of rotatable bonds is 6. The van der Waals surface area contributed by atoms with Crippen LogP contribution in [0.15, 0.2) is 54.9 Å². The van der Waals surface area contributed by atoms with E-state index < -0.39 is 9.84 Å². The molecule has 1 atom stereocenters. The molecule has 1 saturated heterocycles. The molecule has 3 aromatic rings. The molecular weight excluding hydrogens is 390 g/mol. The predicted molar refractivity (Wildman–Crippen MR) is 109 cm³/mol. The Bertz CT molecular complexity index is 1090. The normalized spacial score (nSPS) is 18.0. The van der Waals surface area contributed by atoms with Crippen LogP contribution in [0, 0.1) is 0 Å². The third-order valence-electron chi connectivity index (χ3n) is 5.23. The molecule has 0 N–H and O–H groups in total. The van der Waals surface area contributed by atoms with Gasteiger partial charge in [0.2, 0.25) is 5.91 Å². The second kappa shape index (κ2) is 7.87. The van der Waals surface area contributed by atoms with Crippen molar-refractivity contribution < 1.29 is 17.9 Å². The molecule has 1 amide bonds. The van der Waals surface area contributed by atoms with Crippen molar-refractivity contribution in [2.24, 2.45) is 0 Å². The number of aromatic nitrogens is 2. The van der Waals surface area contributed by atoms with Crippen LogP contribution in [-0.4, -0.2) is 53.3 Å². The molecule has 1 aromatic carbocycles. The number of sulfone groups is 1. The summed E-state index contributed by atoms with van der Waals surface area (Å²) in [4.78, 5) is 19.4. The van der Waals surface area contributed by atoms with Crippen molar-refractivity contribution >= 4 is 21.4 Å². The number of ether oxygens (including phenoxy) is 1. The number of hydrogen-bond acceptors (Lipinski definition) is 5. The standard InChI is InChI=1S/C21H23N3O4S/c1-28-19-7-5-16(6-8-19)13-24(18-9-11-29(26,27)15-18)21(25)12-17-14-23-10-3-2-4-20(23)22-17/h2-8,10,14,18H,9,11-13,15H2,1H3. The number of hydrogen-bond donors (Lipinski definition) is 0. The van der Waals surface area contributed by atoms with Crippen molar-refractivity contribution in [2.45, 2.75) is 25.4 Å². The van der Waals surface area contributed by atoms with Gasteiger partial charge in [0.25, 0.3) is 0 Å². The van der Waals surface area contributed by atoms with Gasteiger partial charge < -0.3 is 14.0 Å². The average molecular weight is 413 g/mol. The van der Waals surface area contributed by atoms with Crippen LogP contribution in [0.25, 0.3) is 5.65 Å². The van der Waals surface area contributed by atoms with Crippen molar-refractivity contribution in [3.05, 3.63) is 66.1 Å². The second-order valence-corrected chi connectivity index (χ2v) is 9.53. The zero-order valence-corrected chi connectivity index (χ0v) is 17.0. The van der Waals surface area contributed by atoms with E-state index in [1.807, 2.05) is 59.3 Å². The maximum atomic E-state index is 13.2. The molecule has 0 spiro atoms. The Morgan fingerprint density at radius 2 is 2.03 bits per heavy atom. The van der Waals surface area contributed by atoms with E-state index in [4.69, 9.17) is 4.74 Å². The van der Waals surface area contributed by atoms with Crippen LogP contribution < -0.4 is 4.74 Å². The minimum Gasteiger partial charge on any atom is -0.497 e. The number of benzene rings is 1. The van der Waals surface area contributed by atoms with Crippen molar-refractivity contribution in [3.63, 3.8) is 0 Å². The van der Waals surface area contributed by atoms with Gasteiger partial charge >= 0.3 is 0 Å². The van der Waals surface area contributed by atoms with Gasteiger partial charge in [0.15, 0.2) is 9.84 Å². The van der Waals surface area contributed by atoms with E-state index in [-0.39, 0.29) is 29.9 Å². The van der Waals surface area contributed by atoms with Gasteiger partial charge in [-0.05, 0) is 36.2 Å². The Morgan fingerprint density at radius 1 is 1.24 bits per heavy atom. The minimum atomic E-state index is -3.10. The molecule has 2 aromatic heterocycles. The molecule has 1 aliphatic heterocycles. The summed E-state index contributed by atoms with van der Waals surface area (Å²) in [6.07, 6.45) is 4.32. The van der Waals surface area contributed by atoms with Crippen LogP contribution in [0.4, 0.5) is 0 Å². The Labute approximate surface area is 169 Å². The molecule has 0 bridgehead atoms. The van der Waals surface area contributed by atoms with Crippen LogP contribution in [0.3, 0.4) is 0 Å². The molecule has 0 radical (unpaired) electrons. The highest BCUT2D eigenvalue weighted by Crippen LogP contribution is 2.22. The molecule has 0 aliphatic carbocycles. The van der Waals surface area contributed by atoms with Gasteiger partial charge in [-0.2, -0.15) is 0 Å². The summed E-state index contributed by atoms with van der Waals surface area (Å²) in [7, 11) is -1.50. The molecule has 7 nitrogen and oxygen atoms in total. The molecule has 3 heterocycles. The van der Waals surface area contributed by atoms with Crippen molar-refractivity contribution in [1.82, 2.24) is 14.3 Å². The summed E-state index contributed by atoms with van der Waals surface area (Å²) in [5.74, 6) is 0.754. The van der Waals surface area contributed by atoms with E-state index >= 15 is 0 Å². The minimum absolute atomic E-state index is 0.0139. The summed E-state index contributed by atoms with van der Waals surface area (Å²) in [5, 5.41) is 0. The Hall–Kier alpha value is -2.87. The summed E-state index contributed by atoms with van der Waals surface area (Å²) >= 11 is 0. The number of carbonyl (C=O) groups excluding carboxylic acids is 1. The van der Waals surface area contributed by atoms with Crippen molar-refractivity contribution in [2.75, 3.05) is 18.6 Å².